The number of hydrogen-bond donors (Lipinski definition) is 2. The monoisotopic (exact) mass is 327 g/mol. The molecule has 1 amide bonds. The van der Waals surface area contributed by atoms with Crippen LogP contribution in [0.15, 0.2) is 11.3 Å². The molecule has 0 aliphatic heterocycles. The lowest BCUT2D eigenvalue weighted by atomic mass is 9.90. The van der Waals surface area contributed by atoms with Gasteiger partial charge in [0.2, 0.25) is 5.91 Å². The molecule has 2 atom stereocenters. The molecule has 5 nitrogen and oxygen atoms in total. The van der Waals surface area contributed by atoms with Crippen LogP contribution in [-0.2, 0) is 14.4 Å². The Hall–Kier alpha value is -1.36. The Morgan fingerprint density at radius 3 is 2.73 bits per heavy atom. The van der Waals surface area contributed by atoms with E-state index in [9.17, 15) is 19.5 Å². The van der Waals surface area contributed by atoms with Gasteiger partial charge in [-0.3, -0.25) is 14.4 Å². The molecule has 2 fully saturated rings. The van der Waals surface area contributed by atoms with Gasteiger partial charge >= 0.3 is 0 Å². The quantitative estimate of drug-likeness (QED) is 0.472. The number of rotatable bonds is 4. The van der Waals surface area contributed by atoms with Gasteiger partial charge in [0.15, 0.2) is 5.78 Å². The first-order valence-corrected chi connectivity index (χ1v) is 8.28. The van der Waals surface area contributed by atoms with Crippen molar-refractivity contribution in [1.82, 2.24) is 5.32 Å². The molecule has 2 saturated carbocycles. The zero-order valence-corrected chi connectivity index (χ0v) is 13.3. The third-order valence-electron chi connectivity index (χ3n) is 4.25. The highest BCUT2D eigenvalue weighted by Gasteiger charge is 2.25. The summed E-state index contributed by atoms with van der Waals surface area (Å²) in [5.41, 5.74) is 0.183. The van der Waals surface area contributed by atoms with Crippen molar-refractivity contribution >= 4 is 29.1 Å². The minimum Gasteiger partial charge on any atom is -0.512 e. The van der Waals surface area contributed by atoms with Crippen molar-refractivity contribution in [3.8, 4) is 0 Å². The number of amides is 1. The molecule has 2 rings (SSSR count). The van der Waals surface area contributed by atoms with E-state index in [0.29, 0.717) is 0 Å². The van der Waals surface area contributed by atoms with E-state index in [-0.39, 0.29) is 72.3 Å². The maximum absolute atomic E-state index is 11.9. The van der Waals surface area contributed by atoms with Crippen LogP contribution in [0.25, 0.3) is 0 Å². The molecule has 0 aromatic heterocycles. The number of Topliss-reactive ketones (excluding diaryl/α,β-unsaturated/α-hetero) is 2. The summed E-state index contributed by atoms with van der Waals surface area (Å²) in [6.07, 6.45) is 4.28. The number of aliphatic hydroxyl groups excluding tert-OH is 1. The van der Waals surface area contributed by atoms with Crippen LogP contribution in [-0.4, -0.2) is 34.0 Å². The second-order valence-corrected chi connectivity index (χ2v) is 6.71. The highest BCUT2D eigenvalue weighted by molar-refractivity contribution is 6.20. The van der Waals surface area contributed by atoms with E-state index in [4.69, 9.17) is 11.6 Å². The van der Waals surface area contributed by atoms with Crippen molar-refractivity contribution < 1.29 is 19.5 Å². The first kappa shape index (κ1) is 17.0. The van der Waals surface area contributed by atoms with Crippen molar-refractivity contribution in [3.63, 3.8) is 0 Å². The fraction of sp³-hybridized carbons (Fsp3) is 0.688. The van der Waals surface area contributed by atoms with E-state index in [2.05, 4.69) is 5.32 Å². The summed E-state index contributed by atoms with van der Waals surface area (Å²) in [7, 11) is 0. The number of alkyl halides is 1. The lowest BCUT2D eigenvalue weighted by molar-refractivity contribution is -0.125. The molecule has 22 heavy (non-hydrogen) atoms. The van der Waals surface area contributed by atoms with Crippen LogP contribution in [0.4, 0.5) is 0 Å². The van der Waals surface area contributed by atoms with Crippen molar-refractivity contribution in [2.24, 2.45) is 0 Å². The van der Waals surface area contributed by atoms with E-state index in [0.717, 1.165) is 25.7 Å². The Balaban J connectivity index is 1.82. The Morgan fingerprint density at radius 2 is 2.00 bits per heavy atom. The van der Waals surface area contributed by atoms with E-state index in [1.165, 1.54) is 0 Å². The molecule has 2 aliphatic rings. The molecule has 0 bridgehead atoms. The topological polar surface area (TPSA) is 83.5 Å². The molecule has 122 valence electrons. The lowest BCUT2D eigenvalue weighted by Gasteiger charge is -2.26. The molecule has 2 unspecified atom stereocenters. The molecular formula is C16H22ClNO4. The minimum atomic E-state index is -0.185. The average Bonchev–Trinajstić information content (AvgIpc) is 2.47. The van der Waals surface area contributed by atoms with E-state index >= 15 is 0 Å². The number of ketones is 2. The number of allylic oxidation sites excluding steroid dienone is 2. The summed E-state index contributed by atoms with van der Waals surface area (Å²) < 4.78 is 0. The Kier molecular flexibility index (Phi) is 6.00. The van der Waals surface area contributed by atoms with Crippen LogP contribution < -0.4 is 5.32 Å². The van der Waals surface area contributed by atoms with Crippen LogP contribution in [0, 0.1) is 0 Å². The van der Waals surface area contributed by atoms with Crippen LogP contribution >= 0.6 is 11.6 Å². The second kappa shape index (κ2) is 7.77. The number of hydrogen-bond acceptors (Lipinski definition) is 4. The Labute approximate surface area is 135 Å². The average molecular weight is 328 g/mol. The standard InChI is InChI=1S/C16H22ClNO4/c17-10-2-1-3-11(8-10)18-16(22)7-6-15(21)13-9-12(19)4-5-14(13)20/h10-11,21H,1-9H2,(H,18,22)/b15-13+. The smallest absolute Gasteiger partial charge is 0.220 e. The van der Waals surface area contributed by atoms with Crippen LogP contribution in [0.5, 0.6) is 0 Å². The largest absolute Gasteiger partial charge is 0.512 e. The zero-order valence-electron chi connectivity index (χ0n) is 12.6. The zero-order chi connectivity index (χ0) is 16.1. The summed E-state index contributed by atoms with van der Waals surface area (Å²) in [6, 6.07) is 0.0939. The first-order valence-electron chi connectivity index (χ1n) is 7.85. The molecule has 0 aromatic carbocycles. The summed E-state index contributed by atoms with van der Waals surface area (Å²) in [5.74, 6) is -0.500. The van der Waals surface area contributed by atoms with Crippen molar-refractivity contribution in [1.29, 1.82) is 0 Å². The Morgan fingerprint density at radius 1 is 1.23 bits per heavy atom. The van der Waals surface area contributed by atoms with Crippen LogP contribution in [0.2, 0.25) is 0 Å². The fourth-order valence-electron chi connectivity index (χ4n) is 2.99. The molecule has 0 radical (unpaired) electrons. The van der Waals surface area contributed by atoms with Gasteiger partial charge in [0.1, 0.15) is 5.78 Å². The first-order chi connectivity index (χ1) is 10.5. The van der Waals surface area contributed by atoms with Crippen LogP contribution in [0.1, 0.15) is 57.8 Å². The lowest BCUT2D eigenvalue weighted by Crippen LogP contribution is -2.38. The molecule has 0 saturated heterocycles. The number of nitrogens with one attached hydrogen (secondary N) is 1. The predicted molar refractivity (Wildman–Crippen MR) is 82.8 cm³/mol. The van der Waals surface area contributed by atoms with Gasteiger partial charge in [-0.1, -0.05) is 0 Å². The molecular weight excluding hydrogens is 306 g/mol. The van der Waals surface area contributed by atoms with E-state index < -0.39 is 0 Å². The maximum Gasteiger partial charge on any atom is 0.220 e. The van der Waals surface area contributed by atoms with Crippen molar-refractivity contribution in [3.05, 3.63) is 11.3 Å². The second-order valence-electron chi connectivity index (χ2n) is 6.09. The molecule has 6 heteroatoms. The number of halogens is 1. The summed E-state index contributed by atoms with van der Waals surface area (Å²) in [6.45, 7) is 0. The van der Waals surface area contributed by atoms with Gasteiger partial charge in [-0.15, -0.1) is 11.6 Å². The summed E-state index contributed by atoms with van der Waals surface area (Å²) >= 11 is 6.09. The number of aliphatic hydroxyl groups is 1. The summed E-state index contributed by atoms with van der Waals surface area (Å²) in [5, 5.41) is 13.0. The van der Waals surface area contributed by atoms with Gasteiger partial charge in [-0.2, -0.15) is 0 Å². The van der Waals surface area contributed by atoms with Crippen molar-refractivity contribution in [2.75, 3.05) is 0 Å². The van der Waals surface area contributed by atoms with Gasteiger partial charge in [0.05, 0.1) is 5.76 Å². The maximum atomic E-state index is 11.9. The highest BCUT2D eigenvalue weighted by Crippen LogP contribution is 2.24. The van der Waals surface area contributed by atoms with Gasteiger partial charge in [-0.25, -0.2) is 0 Å². The fourth-order valence-corrected chi connectivity index (χ4v) is 3.36. The number of carbonyl (C=O) groups is 3. The number of carbonyl (C=O) groups excluding carboxylic acids is 3. The molecule has 0 heterocycles. The molecule has 0 spiro atoms. The van der Waals surface area contributed by atoms with Gasteiger partial charge in [0.25, 0.3) is 0 Å². The third-order valence-corrected chi connectivity index (χ3v) is 4.65. The van der Waals surface area contributed by atoms with Gasteiger partial charge < -0.3 is 10.4 Å². The van der Waals surface area contributed by atoms with E-state index in [1.54, 1.807) is 0 Å². The molecule has 2 aliphatic carbocycles. The van der Waals surface area contributed by atoms with Gasteiger partial charge in [-0.05, 0) is 25.7 Å². The van der Waals surface area contributed by atoms with Gasteiger partial charge in [0, 0.05) is 49.1 Å². The minimum absolute atomic E-state index is 0.0111. The normalized spacial score (nSPS) is 28.4. The molecule has 2 N–H and O–H groups in total. The summed E-state index contributed by atoms with van der Waals surface area (Å²) in [4.78, 5) is 35.0. The SMILES string of the molecule is O=C1CCC(=O)/C(=C(/O)CCC(=O)NC2CCCC(Cl)C2)C1. The molecule has 0 aromatic rings. The predicted octanol–water partition coefficient (Wildman–Crippen LogP) is 2.57. The van der Waals surface area contributed by atoms with E-state index in [1.807, 2.05) is 0 Å². The Bertz CT molecular complexity index is 500. The van der Waals surface area contributed by atoms with Crippen molar-refractivity contribution in [2.45, 2.75) is 69.2 Å². The highest BCUT2D eigenvalue weighted by atomic mass is 35.5. The third kappa shape index (κ3) is 4.83. The van der Waals surface area contributed by atoms with Crippen LogP contribution in [0.3, 0.4) is 0 Å².